The summed E-state index contributed by atoms with van der Waals surface area (Å²) in [6, 6.07) is 3.40. The quantitative estimate of drug-likeness (QED) is 0.637. The summed E-state index contributed by atoms with van der Waals surface area (Å²) >= 11 is 1.84. The molecule has 0 aliphatic rings. The van der Waals surface area contributed by atoms with Gasteiger partial charge in [0.1, 0.15) is 5.82 Å². The second-order valence-electron chi connectivity index (χ2n) is 4.26. The number of carboxylic acids is 1. The van der Waals surface area contributed by atoms with Crippen LogP contribution in [0.15, 0.2) is 35.5 Å². The number of aromatic nitrogens is 2. The van der Waals surface area contributed by atoms with Gasteiger partial charge in [-0.1, -0.05) is 0 Å². The molecular formula is C12H12IN3O4S. The van der Waals surface area contributed by atoms with Crippen LogP contribution < -0.4 is 4.72 Å². The number of nitrogens with zero attached hydrogens (tertiary/aromatic N) is 1. The summed E-state index contributed by atoms with van der Waals surface area (Å²) in [5.74, 6) is -0.696. The molecule has 2 aromatic rings. The average molecular weight is 421 g/mol. The molecule has 0 bridgehead atoms. The summed E-state index contributed by atoms with van der Waals surface area (Å²) in [5, 5.41) is 9.05. The van der Waals surface area contributed by atoms with Crippen molar-refractivity contribution in [2.75, 3.05) is 0 Å². The summed E-state index contributed by atoms with van der Waals surface area (Å²) in [6.45, 7) is 1.64. The number of imidazole rings is 1. The van der Waals surface area contributed by atoms with Crippen molar-refractivity contribution in [3.63, 3.8) is 0 Å². The molecule has 1 atom stereocenters. The van der Waals surface area contributed by atoms with Crippen LogP contribution in [-0.2, 0) is 10.0 Å². The molecule has 0 saturated carbocycles. The molecule has 3 N–H and O–H groups in total. The lowest BCUT2D eigenvalue weighted by molar-refractivity contribution is 0.0695. The fourth-order valence-electron chi connectivity index (χ4n) is 1.71. The Labute approximate surface area is 135 Å². The Morgan fingerprint density at radius 2 is 2.19 bits per heavy atom. The second-order valence-corrected chi connectivity index (χ2v) is 7.14. The molecule has 0 aliphatic carbocycles. The van der Waals surface area contributed by atoms with E-state index < -0.39 is 22.0 Å². The van der Waals surface area contributed by atoms with Crippen molar-refractivity contribution in [3.8, 4) is 0 Å². The monoisotopic (exact) mass is 421 g/mol. The zero-order valence-corrected chi connectivity index (χ0v) is 13.8. The van der Waals surface area contributed by atoms with E-state index in [1.807, 2.05) is 22.6 Å². The highest BCUT2D eigenvalue weighted by atomic mass is 127. The number of hydrogen-bond acceptors (Lipinski definition) is 4. The molecule has 0 amide bonds. The number of halogens is 1. The van der Waals surface area contributed by atoms with E-state index in [9.17, 15) is 13.2 Å². The predicted molar refractivity (Wildman–Crippen MR) is 83.4 cm³/mol. The molecule has 1 heterocycles. The molecule has 1 aromatic carbocycles. The van der Waals surface area contributed by atoms with Gasteiger partial charge >= 0.3 is 5.97 Å². The summed E-state index contributed by atoms with van der Waals surface area (Å²) in [6.07, 6.45) is 3.11. The lowest BCUT2D eigenvalue weighted by atomic mass is 10.2. The van der Waals surface area contributed by atoms with Crippen LogP contribution in [0.3, 0.4) is 0 Å². The first-order valence-electron chi connectivity index (χ1n) is 5.85. The van der Waals surface area contributed by atoms with E-state index in [-0.39, 0.29) is 10.5 Å². The second kappa shape index (κ2) is 6.12. The fourth-order valence-corrected chi connectivity index (χ4v) is 3.51. The smallest absolute Gasteiger partial charge is 0.336 e. The van der Waals surface area contributed by atoms with E-state index in [4.69, 9.17) is 5.11 Å². The normalized spacial score (nSPS) is 13.0. The van der Waals surface area contributed by atoms with E-state index >= 15 is 0 Å². The Morgan fingerprint density at radius 1 is 1.48 bits per heavy atom. The van der Waals surface area contributed by atoms with E-state index in [1.54, 1.807) is 13.1 Å². The largest absolute Gasteiger partial charge is 0.478 e. The molecule has 9 heteroatoms. The van der Waals surface area contributed by atoms with Crippen LogP contribution in [0.5, 0.6) is 0 Å². The third-order valence-corrected chi connectivity index (χ3v) is 5.22. The minimum absolute atomic E-state index is 0.0517. The summed E-state index contributed by atoms with van der Waals surface area (Å²) < 4.78 is 27.5. The number of hydrogen-bond donors (Lipinski definition) is 3. The van der Waals surface area contributed by atoms with Crippen LogP contribution in [0.25, 0.3) is 0 Å². The van der Waals surface area contributed by atoms with Crippen LogP contribution in [0.2, 0.25) is 0 Å². The first-order chi connectivity index (χ1) is 9.81. The topological polar surface area (TPSA) is 112 Å². The number of carboxylic acid groups (broad SMARTS) is 1. The molecule has 1 aromatic heterocycles. The standard InChI is InChI=1S/C12H12IN3O4S/c1-7(11-14-4-5-15-11)16-21(19,20)8-2-3-10(13)9(6-8)12(17)18/h2-7,16H,1H3,(H,14,15)(H,17,18). The zero-order chi connectivity index (χ0) is 15.6. The van der Waals surface area contributed by atoms with Crippen LogP contribution in [-0.4, -0.2) is 29.5 Å². The van der Waals surface area contributed by atoms with Crippen LogP contribution in [0, 0.1) is 3.57 Å². The number of sulfonamides is 1. The van der Waals surface area contributed by atoms with Gasteiger partial charge in [-0.15, -0.1) is 0 Å². The van der Waals surface area contributed by atoms with Gasteiger partial charge in [-0.25, -0.2) is 22.9 Å². The predicted octanol–water partition coefficient (Wildman–Crippen LogP) is 1.75. The van der Waals surface area contributed by atoms with Gasteiger partial charge in [-0.05, 0) is 47.7 Å². The molecule has 0 fully saturated rings. The molecule has 7 nitrogen and oxygen atoms in total. The number of carbonyl (C=O) groups is 1. The maximum absolute atomic E-state index is 12.3. The maximum atomic E-state index is 12.3. The van der Waals surface area contributed by atoms with E-state index in [0.29, 0.717) is 9.39 Å². The number of aromatic carboxylic acids is 1. The summed E-state index contributed by atoms with van der Waals surface area (Å²) in [4.78, 5) is 17.8. The van der Waals surface area contributed by atoms with Gasteiger partial charge in [-0.2, -0.15) is 0 Å². The first-order valence-corrected chi connectivity index (χ1v) is 8.42. The summed E-state index contributed by atoms with van der Waals surface area (Å²) in [7, 11) is -3.84. The number of benzene rings is 1. The molecule has 21 heavy (non-hydrogen) atoms. The van der Waals surface area contributed by atoms with Gasteiger partial charge in [0.15, 0.2) is 0 Å². The fraction of sp³-hybridized carbons (Fsp3) is 0.167. The number of H-pyrrole nitrogens is 1. The molecule has 2 rings (SSSR count). The molecule has 0 saturated heterocycles. The number of nitrogens with one attached hydrogen (secondary N) is 2. The molecule has 1 unspecified atom stereocenters. The molecule has 0 spiro atoms. The van der Waals surface area contributed by atoms with Crippen molar-refractivity contribution in [1.29, 1.82) is 0 Å². The van der Waals surface area contributed by atoms with Crippen molar-refractivity contribution in [3.05, 3.63) is 45.6 Å². The third-order valence-electron chi connectivity index (χ3n) is 2.74. The Morgan fingerprint density at radius 3 is 2.76 bits per heavy atom. The molecule has 0 radical (unpaired) electrons. The Hall–Kier alpha value is -1.46. The molecule has 112 valence electrons. The van der Waals surface area contributed by atoms with E-state index in [1.165, 1.54) is 18.3 Å². The Bertz CT molecular complexity index is 759. The van der Waals surface area contributed by atoms with Gasteiger partial charge in [0.2, 0.25) is 10.0 Å². The Kier molecular flexibility index (Phi) is 4.64. The van der Waals surface area contributed by atoms with Crippen molar-refractivity contribution in [2.24, 2.45) is 0 Å². The third kappa shape index (κ3) is 3.60. The van der Waals surface area contributed by atoms with Crippen molar-refractivity contribution < 1.29 is 18.3 Å². The van der Waals surface area contributed by atoms with Gasteiger partial charge in [-0.3, -0.25) is 0 Å². The minimum atomic E-state index is -3.84. The number of rotatable bonds is 5. The van der Waals surface area contributed by atoms with Crippen molar-refractivity contribution >= 4 is 38.6 Å². The van der Waals surface area contributed by atoms with Gasteiger partial charge in [0.05, 0.1) is 16.5 Å². The van der Waals surface area contributed by atoms with Crippen molar-refractivity contribution in [2.45, 2.75) is 17.9 Å². The SMILES string of the molecule is CC(NS(=O)(=O)c1ccc(I)c(C(=O)O)c1)c1ncc[nH]1. The zero-order valence-electron chi connectivity index (χ0n) is 10.9. The highest BCUT2D eigenvalue weighted by Crippen LogP contribution is 2.19. The summed E-state index contributed by atoms with van der Waals surface area (Å²) in [5.41, 5.74) is -0.0517. The lowest BCUT2D eigenvalue weighted by Gasteiger charge is -2.13. The lowest BCUT2D eigenvalue weighted by Crippen LogP contribution is -2.27. The Balaban J connectivity index is 2.32. The average Bonchev–Trinajstić information content (AvgIpc) is 2.92. The molecular weight excluding hydrogens is 409 g/mol. The van der Waals surface area contributed by atoms with Gasteiger partial charge < -0.3 is 10.1 Å². The van der Waals surface area contributed by atoms with Crippen LogP contribution in [0.1, 0.15) is 29.1 Å². The van der Waals surface area contributed by atoms with Crippen molar-refractivity contribution in [1.82, 2.24) is 14.7 Å². The van der Waals surface area contributed by atoms with Gasteiger partial charge in [0.25, 0.3) is 0 Å². The van der Waals surface area contributed by atoms with Gasteiger partial charge in [0, 0.05) is 16.0 Å². The number of aromatic amines is 1. The highest BCUT2D eigenvalue weighted by molar-refractivity contribution is 14.1. The van der Waals surface area contributed by atoms with Crippen LogP contribution >= 0.6 is 22.6 Å². The van der Waals surface area contributed by atoms with E-state index in [2.05, 4.69) is 14.7 Å². The molecule has 0 aliphatic heterocycles. The van der Waals surface area contributed by atoms with Crippen LogP contribution in [0.4, 0.5) is 0 Å². The maximum Gasteiger partial charge on any atom is 0.336 e. The highest BCUT2D eigenvalue weighted by Gasteiger charge is 2.21. The minimum Gasteiger partial charge on any atom is -0.478 e. The first kappa shape index (κ1) is 15.9. The van der Waals surface area contributed by atoms with E-state index in [0.717, 1.165) is 6.07 Å².